The van der Waals surface area contributed by atoms with E-state index in [1.54, 1.807) is 31.2 Å². The van der Waals surface area contributed by atoms with Crippen LogP contribution in [-0.2, 0) is 14.8 Å². The Labute approximate surface area is 182 Å². The molecule has 3 aromatic carbocycles. The molecule has 0 radical (unpaired) electrons. The molecule has 0 aliphatic rings. The minimum Gasteiger partial charge on any atom is -0.491 e. The van der Waals surface area contributed by atoms with Gasteiger partial charge in [0.05, 0.1) is 18.5 Å². The van der Waals surface area contributed by atoms with Gasteiger partial charge in [0.25, 0.3) is 5.91 Å². The molecule has 164 valence electrons. The summed E-state index contributed by atoms with van der Waals surface area (Å²) in [7, 11) is -1.86. The molecule has 1 N–H and O–H groups in total. The second-order valence-corrected chi connectivity index (χ2v) is 9.12. The number of rotatable bonds is 9. The summed E-state index contributed by atoms with van der Waals surface area (Å²) in [6.07, 6.45) is 0.421. The Kier molecular flexibility index (Phi) is 7.02. The lowest BCUT2D eigenvalue weighted by Gasteiger charge is -2.18. The Hall–Kier alpha value is -3.26. The zero-order chi connectivity index (χ0) is 22.4. The Balaban J connectivity index is 1.47. The summed E-state index contributed by atoms with van der Waals surface area (Å²) in [5, 5.41) is 4.92. The van der Waals surface area contributed by atoms with Crippen molar-refractivity contribution in [3.8, 4) is 11.5 Å². The molecule has 1 unspecified atom stereocenters. The number of anilines is 1. The number of amides is 1. The first-order chi connectivity index (χ1) is 14.8. The van der Waals surface area contributed by atoms with E-state index in [0.29, 0.717) is 24.6 Å². The van der Waals surface area contributed by atoms with E-state index in [1.165, 1.54) is 11.4 Å². The number of hydrogen-bond donors (Lipinski definition) is 1. The van der Waals surface area contributed by atoms with Gasteiger partial charge in [0.2, 0.25) is 10.0 Å². The SMILES string of the molecule is CC(Oc1ccc(N(C)S(C)(=O)=O)cc1)C(=O)NCCOc1cccc2ccccc12. The predicted octanol–water partition coefficient (Wildman–Crippen LogP) is 3.20. The number of nitrogens with zero attached hydrogens (tertiary/aromatic N) is 1. The fourth-order valence-corrected chi connectivity index (χ4v) is 3.49. The summed E-state index contributed by atoms with van der Waals surface area (Å²) in [5.74, 6) is 0.981. The van der Waals surface area contributed by atoms with Crippen molar-refractivity contribution in [3.05, 3.63) is 66.7 Å². The average Bonchev–Trinajstić information content (AvgIpc) is 2.76. The molecule has 0 aromatic heterocycles. The van der Waals surface area contributed by atoms with Crippen LogP contribution in [0.25, 0.3) is 10.8 Å². The lowest BCUT2D eigenvalue weighted by atomic mass is 10.1. The molecule has 31 heavy (non-hydrogen) atoms. The van der Waals surface area contributed by atoms with Crippen LogP contribution in [0.4, 0.5) is 5.69 Å². The molecule has 0 heterocycles. The predicted molar refractivity (Wildman–Crippen MR) is 122 cm³/mol. The fourth-order valence-electron chi connectivity index (χ4n) is 2.98. The topological polar surface area (TPSA) is 84.9 Å². The van der Waals surface area contributed by atoms with E-state index < -0.39 is 16.1 Å². The molecule has 1 atom stereocenters. The van der Waals surface area contributed by atoms with E-state index in [0.717, 1.165) is 22.8 Å². The van der Waals surface area contributed by atoms with Gasteiger partial charge < -0.3 is 14.8 Å². The molecule has 3 rings (SSSR count). The molecule has 0 fully saturated rings. The van der Waals surface area contributed by atoms with Crippen molar-refractivity contribution in [2.24, 2.45) is 0 Å². The van der Waals surface area contributed by atoms with Gasteiger partial charge in [-0.25, -0.2) is 8.42 Å². The summed E-state index contributed by atoms with van der Waals surface area (Å²) < 4.78 is 35.8. The highest BCUT2D eigenvalue weighted by atomic mass is 32.2. The highest BCUT2D eigenvalue weighted by Crippen LogP contribution is 2.25. The Morgan fingerprint density at radius 1 is 1.03 bits per heavy atom. The van der Waals surface area contributed by atoms with Gasteiger partial charge in [-0.3, -0.25) is 9.10 Å². The monoisotopic (exact) mass is 442 g/mol. The molecule has 0 aliphatic heterocycles. The molecule has 3 aromatic rings. The van der Waals surface area contributed by atoms with Crippen LogP contribution in [0.2, 0.25) is 0 Å². The number of benzene rings is 3. The number of nitrogens with one attached hydrogen (secondary N) is 1. The summed E-state index contributed by atoms with van der Waals surface area (Å²) in [4.78, 5) is 12.3. The molecule has 0 spiro atoms. The zero-order valence-electron chi connectivity index (χ0n) is 17.7. The molecule has 0 aliphatic carbocycles. The molecular weight excluding hydrogens is 416 g/mol. The van der Waals surface area contributed by atoms with Crippen molar-refractivity contribution < 1.29 is 22.7 Å². The Bertz CT molecular complexity index is 1140. The largest absolute Gasteiger partial charge is 0.491 e. The second kappa shape index (κ2) is 9.70. The molecule has 0 bridgehead atoms. The van der Waals surface area contributed by atoms with Crippen molar-refractivity contribution >= 4 is 32.4 Å². The number of carbonyl (C=O) groups excluding carboxylic acids is 1. The van der Waals surface area contributed by atoms with Crippen LogP contribution in [0.15, 0.2) is 66.7 Å². The third kappa shape index (κ3) is 5.88. The maximum atomic E-state index is 12.3. The molecule has 1 amide bonds. The van der Waals surface area contributed by atoms with Gasteiger partial charge >= 0.3 is 0 Å². The van der Waals surface area contributed by atoms with Gasteiger partial charge in [0.15, 0.2) is 6.10 Å². The molecular formula is C23H26N2O5S. The van der Waals surface area contributed by atoms with Crippen LogP contribution >= 0.6 is 0 Å². The second-order valence-electron chi connectivity index (χ2n) is 7.10. The highest BCUT2D eigenvalue weighted by Gasteiger charge is 2.15. The minimum absolute atomic E-state index is 0.265. The zero-order valence-corrected chi connectivity index (χ0v) is 18.6. The minimum atomic E-state index is -3.33. The average molecular weight is 443 g/mol. The van der Waals surface area contributed by atoms with Crippen LogP contribution in [-0.4, -0.2) is 46.9 Å². The van der Waals surface area contributed by atoms with E-state index in [1.807, 2.05) is 42.5 Å². The van der Waals surface area contributed by atoms with Crippen LogP contribution in [0.5, 0.6) is 11.5 Å². The van der Waals surface area contributed by atoms with Crippen molar-refractivity contribution in [2.75, 3.05) is 30.8 Å². The van der Waals surface area contributed by atoms with Crippen LogP contribution in [0, 0.1) is 0 Å². The van der Waals surface area contributed by atoms with Gasteiger partial charge in [-0.2, -0.15) is 0 Å². The maximum absolute atomic E-state index is 12.3. The van der Waals surface area contributed by atoms with Crippen LogP contribution in [0.3, 0.4) is 0 Å². The molecule has 7 nitrogen and oxygen atoms in total. The summed E-state index contributed by atoms with van der Waals surface area (Å²) >= 11 is 0. The van der Waals surface area contributed by atoms with E-state index in [-0.39, 0.29) is 5.91 Å². The van der Waals surface area contributed by atoms with Crippen molar-refractivity contribution in [1.29, 1.82) is 0 Å². The summed E-state index contributed by atoms with van der Waals surface area (Å²) in [5.41, 5.74) is 0.512. The molecule has 8 heteroatoms. The van der Waals surface area contributed by atoms with Gasteiger partial charge in [-0.1, -0.05) is 36.4 Å². The first-order valence-corrected chi connectivity index (χ1v) is 11.7. The lowest BCUT2D eigenvalue weighted by molar-refractivity contribution is -0.127. The van der Waals surface area contributed by atoms with E-state index in [2.05, 4.69) is 5.32 Å². The van der Waals surface area contributed by atoms with Gasteiger partial charge in [-0.05, 0) is 42.6 Å². The smallest absolute Gasteiger partial charge is 0.260 e. The third-order valence-electron chi connectivity index (χ3n) is 4.79. The normalized spacial score (nSPS) is 12.2. The molecule has 0 saturated heterocycles. The van der Waals surface area contributed by atoms with E-state index in [4.69, 9.17) is 9.47 Å². The number of sulfonamides is 1. The number of hydrogen-bond acceptors (Lipinski definition) is 5. The van der Waals surface area contributed by atoms with E-state index in [9.17, 15) is 13.2 Å². The first-order valence-electron chi connectivity index (χ1n) is 9.84. The lowest BCUT2D eigenvalue weighted by Crippen LogP contribution is -2.38. The van der Waals surface area contributed by atoms with Crippen LogP contribution < -0.4 is 19.1 Å². The Morgan fingerprint density at radius 2 is 1.71 bits per heavy atom. The van der Waals surface area contributed by atoms with E-state index >= 15 is 0 Å². The highest BCUT2D eigenvalue weighted by molar-refractivity contribution is 7.92. The van der Waals surface area contributed by atoms with Crippen molar-refractivity contribution in [1.82, 2.24) is 5.32 Å². The van der Waals surface area contributed by atoms with Crippen LogP contribution in [0.1, 0.15) is 6.92 Å². The first kappa shape index (κ1) is 22.4. The maximum Gasteiger partial charge on any atom is 0.260 e. The standard InChI is InChI=1S/C23H26N2O5S/c1-17(30-20-13-11-19(12-14-20)25(2)31(3,27)28)23(26)24-15-16-29-22-10-6-8-18-7-4-5-9-21(18)22/h4-14,17H,15-16H2,1-3H3,(H,24,26). The van der Waals surface area contributed by atoms with Crippen molar-refractivity contribution in [3.63, 3.8) is 0 Å². The summed E-state index contributed by atoms with van der Waals surface area (Å²) in [6.45, 7) is 2.32. The number of carbonyl (C=O) groups is 1. The fraction of sp³-hybridized carbons (Fsp3) is 0.261. The quantitative estimate of drug-likeness (QED) is 0.515. The third-order valence-corrected chi connectivity index (χ3v) is 5.99. The Morgan fingerprint density at radius 3 is 2.42 bits per heavy atom. The van der Waals surface area contributed by atoms with Gasteiger partial charge in [0.1, 0.15) is 18.1 Å². The van der Waals surface area contributed by atoms with Gasteiger partial charge in [0, 0.05) is 12.4 Å². The van der Waals surface area contributed by atoms with Crippen molar-refractivity contribution in [2.45, 2.75) is 13.0 Å². The number of fused-ring (bicyclic) bond motifs is 1. The number of ether oxygens (including phenoxy) is 2. The summed E-state index contributed by atoms with van der Waals surface area (Å²) in [6, 6.07) is 20.3. The van der Waals surface area contributed by atoms with Gasteiger partial charge in [-0.15, -0.1) is 0 Å². The molecule has 0 saturated carbocycles.